The first-order valence-corrected chi connectivity index (χ1v) is 9.03. The molecule has 1 aromatic carbocycles. The minimum Gasteiger partial charge on any atom is -0.340 e. The molecule has 3 rings (SSSR count). The van der Waals surface area contributed by atoms with Crippen molar-refractivity contribution in [3.8, 4) is 0 Å². The lowest BCUT2D eigenvalue weighted by molar-refractivity contribution is -0.137. The van der Waals surface area contributed by atoms with Crippen LogP contribution in [0.1, 0.15) is 31.9 Å². The second kappa shape index (κ2) is 7.30. The number of likely N-dealkylation sites (tertiary alicyclic amines) is 1. The number of piperazine rings is 1. The molecular weight excluding hydrogens is 345 g/mol. The third-order valence-electron chi connectivity index (χ3n) is 4.95. The maximum atomic E-state index is 14.0. The Labute approximate surface area is 152 Å². The van der Waals surface area contributed by atoms with Crippen molar-refractivity contribution < 1.29 is 14.0 Å². The monoisotopic (exact) mass is 367 g/mol. The van der Waals surface area contributed by atoms with Gasteiger partial charge in [-0.2, -0.15) is 0 Å². The summed E-state index contributed by atoms with van der Waals surface area (Å²) in [5.41, 5.74) is 0.620. The molecule has 0 aliphatic carbocycles. The van der Waals surface area contributed by atoms with Gasteiger partial charge in [0.25, 0.3) is 0 Å². The van der Waals surface area contributed by atoms with Crippen molar-refractivity contribution in [1.82, 2.24) is 15.1 Å². The molecule has 2 aliphatic heterocycles. The fraction of sp³-hybridized carbons (Fsp3) is 0.556. The molecule has 25 heavy (non-hydrogen) atoms. The second-order valence-electron chi connectivity index (χ2n) is 6.90. The molecule has 2 saturated heterocycles. The fourth-order valence-electron chi connectivity index (χ4n) is 3.79. The molecule has 2 heterocycles. The molecule has 0 aromatic heterocycles. The maximum absolute atomic E-state index is 14.0. The summed E-state index contributed by atoms with van der Waals surface area (Å²) in [6.07, 6.45) is 0.163. The smallest absolute Gasteiger partial charge is 0.228 e. The number of carbonyl (C=O) groups excluding carboxylic acids is 2. The Morgan fingerprint density at radius 1 is 1.32 bits per heavy atom. The standard InChI is InChI=1S/C18H23ClFN3O2/c1-11(2)23-16(24)10-13(18(25)22-7-5-21-6-8-22)17(23)12-3-4-14(19)15(20)9-12/h3-4,9,11,13,17,21H,5-8,10H2,1-2H3. The van der Waals surface area contributed by atoms with Crippen LogP contribution in [0.3, 0.4) is 0 Å². The van der Waals surface area contributed by atoms with E-state index in [0.717, 1.165) is 13.1 Å². The van der Waals surface area contributed by atoms with Gasteiger partial charge < -0.3 is 15.1 Å². The molecule has 2 fully saturated rings. The van der Waals surface area contributed by atoms with Gasteiger partial charge in [0.05, 0.1) is 17.0 Å². The van der Waals surface area contributed by atoms with E-state index in [0.29, 0.717) is 18.7 Å². The minimum absolute atomic E-state index is 0.0293. The lowest BCUT2D eigenvalue weighted by Gasteiger charge is -2.35. The zero-order valence-corrected chi connectivity index (χ0v) is 15.2. The second-order valence-corrected chi connectivity index (χ2v) is 7.31. The van der Waals surface area contributed by atoms with Crippen LogP contribution < -0.4 is 5.32 Å². The molecule has 0 spiro atoms. The van der Waals surface area contributed by atoms with Crippen molar-refractivity contribution in [2.45, 2.75) is 32.4 Å². The Morgan fingerprint density at radius 2 is 2.00 bits per heavy atom. The lowest BCUT2D eigenvalue weighted by Crippen LogP contribution is -2.49. The van der Waals surface area contributed by atoms with Crippen molar-refractivity contribution in [3.63, 3.8) is 0 Å². The van der Waals surface area contributed by atoms with Crippen LogP contribution in [0.2, 0.25) is 5.02 Å². The van der Waals surface area contributed by atoms with Crippen LogP contribution in [-0.2, 0) is 9.59 Å². The number of hydrogen-bond donors (Lipinski definition) is 1. The van der Waals surface area contributed by atoms with E-state index in [1.165, 1.54) is 12.1 Å². The SMILES string of the molecule is CC(C)N1C(=O)CC(C(=O)N2CCNCC2)C1c1ccc(Cl)c(F)c1. The van der Waals surface area contributed by atoms with Crippen LogP contribution in [0, 0.1) is 11.7 Å². The number of halogens is 2. The van der Waals surface area contributed by atoms with E-state index >= 15 is 0 Å². The molecule has 5 nitrogen and oxygen atoms in total. The first kappa shape index (κ1) is 18.1. The van der Waals surface area contributed by atoms with Gasteiger partial charge in [0.15, 0.2) is 0 Å². The first-order chi connectivity index (χ1) is 11.9. The van der Waals surface area contributed by atoms with Crippen molar-refractivity contribution in [3.05, 3.63) is 34.6 Å². The average Bonchev–Trinajstić information content (AvgIpc) is 2.95. The highest BCUT2D eigenvalue weighted by Crippen LogP contribution is 2.41. The van der Waals surface area contributed by atoms with Gasteiger partial charge >= 0.3 is 0 Å². The number of rotatable bonds is 3. The maximum Gasteiger partial charge on any atom is 0.228 e. The van der Waals surface area contributed by atoms with Crippen LogP contribution in [-0.4, -0.2) is 53.8 Å². The number of benzene rings is 1. The summed E-state index contributed by atoms with van der Waals surface area (Å²) in [6.45, 7) is 6.59. The highest BCUT2D eigenvalue weighted by atomic mass is 35.5. The Morgan fingerprint density at radius 3 is 2.60 bits per heavy atom. The summed E-state index contributed by atoms with van der Waals surface area (Å²) >= 11 is 5.80. The third kappa shape index (κ3) is 3.51. The van der Waals surface area contributed by atoms with E-state index in [4.69, 9.17) is 11.6 Å². The van der Waals surface area contributed by atoms with Crippen LogP contribution in [0.25, 0.3) is 0 Å². The molecule has 2 aliphatic rings. The number of nitrogens with zero attached hydrogens (tertiary/aromatic N) is 2. The van der Waals surface area contributed by atoms with E-state index in [9.17, 15) is 14.0 Å². The van der Waals surface area contributed by atoms with Gasteiger partial charge in [0.1, 0.15) is 5.82 Å². The Kier molecular flexibility index (Phi) is 5.29. The molecule has 136 valence electrons. The Balaban J connectivity index is 1.96. The van der Waals surface area contributed by atoms with E-state index in [1.807, 2.05) is 13.8 Å². The normalized spacial score (nSPS) is 24.3. The lowest BCUT2D eigenvalue weighted by atomic mass is 9.91. The molecule has 2 amide bonds. The molecule has 0 saturated carbocycles. The molecule has 1 aromatic rings. The van der Waals surface area contributed by atoms with Crippen molar-refractivity contribution >= 4 is 23.4 Å². The van der Waals surface area contributed by atoms with E-state index < -0.39 is 17.8 Å². The van der Waals surface area contributed by atoms with Gasteiger partial charge in [0.2, 0.25) is 11.8 Å². The molecular formula is C18H23ClFN3O2. The van der Waals surface area contributed by atoms with E-state index in [2.05, 4.69) is 5.32 Å². The van der Waals surface area contributed by atoms with Gasteiger partial charge in [-0.15, -0.1) is 0 Å². The number of nitrogens with one attached hydrogen (secondary N) is 1. The topological polar surface area (TPSA) is 52.7 Å². The Bertz CT molecular complexity index is 676. The number of amides is 2. The van der Waals surface area contributed by atoms with Gasteiger partial charge in [-0.1, -0.05) is 17.7 Å². The van der Waals surface area contributed by atoms with Crippen molar-refractivity contribution in [2.75, 3.05) is 26.2 Å². The zero-order valence-electron chi connectivity index (χ0n) is 14.5. The zero-order chi connectivity index (χ0) is 18.1. The van der Waals surface area contributed by atoms with E-state index in [1.54, 1.807) is 15.9 Å². The summed E-state index contributed by atoms with van der Waals surface area (Å²) < 4.78 is 14.0. The number of hydrogen-bond acceptors (Lipinski definition) is 3. The fourth-order valence-corrected chi connectivity index (χ4v) is 3.91. The van der Waals surface area contributed by atoms with Crippen LogP contribution in [0.5, 0.6) is 0 Å². The quantitative estimate of drug-likeness (QED) is 0.891. The largest absolute Gasteiger partial charge is 0.340 e. The summed E-state index contributed by atoms with van der Waals surface area (Å²) in [5.74, 6) is -1.12. The van der Waals surface area contributed by atoms with Crippen LogP contribution >= 0.6 is 11.6 Å². The van der Waals surface area contributed by atoms with Gasteiger partial charge in [-0.05, 0) is 31.5 Å². The van der Waals surface area contributed by atoms with Gasteiger partial charge in [0, 0.05) is 38.6 Å². The highest BCUT2D eigenvalue weighted by molar-refractivity contribution is 6.30. The number of carbonyl (C=O) groups is 2. The minimum atomic E-state index is -0.532. The average molecular weight is 368 g/mol. The van der Waals surface area contributed by atoms with Gasteiger partial charge in [-0.3, -0.25) is 9.59 Å². The summed E-state index contributed by atoms with van der Waals surface area (Å²) in [4.78, 5) is 29.1. The molecule has 2 atom stereocenters. The predicted octanol–water partition coefficient (Wildman–Crippen LogP) is 2.21. The summed E-state index contributed by atoms with van der Waals surface area (Å²) in [6, 6.07) is 4.01. The van der Waals surface area contributed by atoms with Crippen molar-refractivity contribution in [2.24, 2.45) is 5.92 Å². The van der Waals surface area contributed by atoms with Crippen LogP contribution in [0.15, 0.2) is 18.2 Å². The van der Waals surface area contributed by atoms with Crippen molar-refractivity contribution in [1.29, 1.82) is 0 Å². The van der Waals surface area contributed by atoms with Gasteiger partial charge in [-0.25, -0.2) is 4.39 Å². The van der Waals surface area contributed by atoms with E-state index in [-0.39, 0.29) is 29.3 Å². The Hall–Kier alpha value is -1.66. The third-order valence-corrected chi connectivity index (χ3v) is 5.26. The molecule has 1 N–H and O–H groups in total. The molecule has 2 unspecified atom stereocenters. The van der Waals surface area contributed by atoms with Crippen LogP contribution in [0.4, 0.5) is 4.39 Å². The molecule has 0 radical (unpaired) electrons. The molecule has 7 heteroatoms. The predicted molar refractivity (Wildman–Crippen MR) is 93.7 cm³/mol. The highest BCUT2D eigenvalue weighted by Gasteiger charge is 2.46. The summed E-state index contributed by atoms with van der Waals surface area (Å²) in [5, 5.41) is 3.25. The summed E-state index contributed by atoms with van der Waals surface area (Å²) in [7, 11) is 0. The molecule has 0 bridgehead atoms. The first-order valence-electron chi connectivity index (χ1n) is 8.65.